The number of anilines is 1. The number of nitrogens with one attached hydrogen (secondary N) is 4. The number of H-pyrrole nitrogens is 1. The van der Waals surface area contributed by atoms with E-state index in [1.165, 1.54) is 6.42 Å². The van der Waals surface area contributed by atoms with Gasteiger partial charge in [-0.05, 0) is 47.4 Å². The first-order chi connectivity index (χ1) is 18.1. The topological polar surface area (TPSA) is 86.0 Å². The largest absolute Gasteiger partial charge is 0.361 e. The summed E-state index contributed by atoms with van der Waals surface area (Å²) in [5, 5.41) is 10.6. The number of carbonyl (C=O) groups excluding carboxylic acids is 2. The van der Waals surface area contributed by atoms with Crippen LogP contribution in [0.25, 0.3) is 10.9 Å². The molecule has 204 valence electrons. The fourth-order valence-electron chi connectivity index (χ4n) is 5.84. The van der Waals surface area contributed by atoms with Crippen molar-refractivity contribution in [3.63, 3.8) is 0 Å². The zero-order chi connectivity index (χ0) is 27.4. The fourth-order valence-corrected chi connectivity index (χ4v) is 5.84. The van der Waals surface area contributed by atoms with Crippen molar-refractivity contribution >= 4 is 28.5 Å². The molecule has 1 aromatic heterocycles. The summed E-state index contributed by atoms with van der Waals surface area (Å²) in [6, 6.07) is 13.3. The van der Waals surface area contributed by atoms with Gasteiger partial charge in [-0.3, -0.25) is 4.79 Å². The van der Waals surface area contributed by atoms with Crippen LogP contribution in [0.4, 0.5) is 10.5 Å². The van der Waals surface area contributed by atoms with Gasteiger partial charge in [0.2, 0.25) is 5.91 Å². The first kappa shape index (κ1) is 27.7. The number of para-hydroxylation sites is 2. The molecule has 1 saturated carbocycles. The number of amides is 3. The van der Waals surface area contributed by atoms with Crippen LogP contribution in [0.15, 0.2) is 48.7 Å². The van der Waals surface area contributed by atoms with Crippen molar-refractivity contribution in [1.82, 2.24) is 15.6 Å². The maximum absolute atomic E-state index is 13.9. The van der Waals surface area contributed by atoms with Gasteiger partial charge in [0.05, 0.1) is 0 Å². The predicted molar refractivity (Wildman–Crippen MR) is 157 cm³/mol. The SMILES string of the molecule is CC(C)c1cccc(C(C)C)c1NC(=O)NC(C(=O)NC1CCCCC1)C(C)(C)c1c[nH]c2ccccc12. The first-order valence-electron chi connectivity index (χ1n) is 14.2. The predicted octanol–water partition coefficient (Wildman–Crippen LogP) is 7.33. The minimum absolute atomic E-state index is 0.136. The van der Waals surface area contributed by atoms with Crippen molar-refractivity contribution in [2.75, 3.05) is 5.32 Å². The lowest BCUT2D eigenvalue weighted by Crippen LogP contribution is -2.58. The van der Waals surface area contributed by atoms with Gasteiger partial charge in [-0.1, -0.05) is 97.2 Å². The molecule has 1 heterocycles. The highest BCUT2D eigenvalue weighted by molar-refractivity contribution is 5.96. The van der Waals surface area contributed by atoms with Crippen LogP contribution in [-0.4, -0.2) is 29.0 Å². The molecule has 2 aromatic carbocycles. The number of fused-ring (bicyclic) bond motifs is 1. The van der Waals surface area contributed by atoms with E-state index in [2.05, 4.69) is 66.8 Å². The zero-order valence-corrected chi connectivity index (χ0v) is 23.8. The molecular formula is C32H44N4O2. The number of urea groups is 1. The summed E-state index contributed by atoms with van der Waals surface area (Å²) in [7, 11) is 0. The minimum atomic E-state index is -0.766. The van der Waals surface area contributed by atoms with Crippen LogP contribution in [0, 0.1) is 0 Å². The van der Waals surface area contributed by atoms with E-state index in [1.807, 2.05) is 44.3 Å². The average molecular weight is 517 g/mol. The Balaban J connectivity index is 1.66. The van der Waals surface area contributed by atoms with Gasteiger partial charge >= 0.3 is 6.03 Å². The quantitative estimate of drug-likeness (QED) is 0.253. The maximum Gasteiger partial charge on any atom is 0.319 e. The van der Waals surface area contributed by atoms with Gasteiger partial charge in [0.15, 0.2) is 0 Å². The number of benzene rings is 2. The molecular weight excluding hydrogens is 472 g/mol. The molecule has 4 rings (SSSR count). The van der Waals surface area contributed by atoms with E-state index in [9.17, 15) is 9.59 Å². The molecule has 3 aromatic rings. The molecule has 1 fully saturated rings. The molecule has 0 radical (unpaired) electrons. The second-order valence-corrected chi connectivity index (χ2v) is 12.0. The van der Waals surface area contributed by atoms with E-state index < -0.39 is 11.5 Å². The summed E-state index contributed by atoms with van der Waals surface area (Å²) in [4.78, 5) is 30.8. The molecule has 3 amide bonds. The van der Waals surface area contributed by atoms with Gasteiger partial charge in [-0.2, -0.15) is 0 Å². The molecule has 1 unspecified atom stereocenters. The number of aromatic amines is 1. The molecule has 1 aliphatic carbocycles. The van der Waals surface area contributed by atoms with Crippen molar-refractivity contribution < 1.29 is 9.59 Å². The molecule has 0 spiro atoms. The fraction of sp³-hybridized carbons (Fsp3) is 0.500. The molecule has 38 heavy (non-hydrogen) atoms. The average Bonchev–Trinajstić information content (AvgIpc) is 3.33. The Morgan fingerprint density at radius 2 is 1.53 bits per heavy atom. The molecule has 1 atom stereocenters. The summed E-state index contributed by atoms with van der Waals surface area (Å²) in [6.45, 7) is 12.6. The second-order valence-electron chi connectivity index (χ2n) is 12.0. The lowest BCUT2D eigenvalue weighted by Gasteiger charge is -2.36. The van der Waals surface area contributed by atoms with Crippen LogP contribution in [0.1, 0.15) is 102 Å². The van der Waals surface area contributed by atoms with E-state index in [4.69, 9.17) is 0 Å². The molecule has 1 aliphatic rings. The summed E-state index contributed by atoms with van der Waals surface area (Å²) in [6.07, 6.45) is 7.40. The number of aromatic nitrogens is 1. The standard InChI is InChI=1S/C32H44N4O2/c1-20(2)23-16-12-17-24(21(3)4)28(23)35-31(38)36-29(30(37)34-22-13-8-7-9-14-22)32(5,6)26-19-33-27-18-11-10-15-25(26)27/h10-12,15-22,29,33H,7-9,13-14H2,1-6H3,(H,34,37)(H2,35,36,38). The first-order valence-corrected chi connectivity index (χ1v) is 14.2. The third kappa shape index (κ3) is 5.90. The van der Waals surface area contributed by atoms with E-state index in [-0.39, 0.29) is 29.8 Å². The Morgan fingerprint density at radius 1 is 0.895 bits per heavy atom. The Kier molecular flexibility index (Phi) is 8.49. The molecule has 4 N–H and O–H groups in total. The van der Waals surface area contributed by atoms with Gasteiger partial charge in [-0.15, -0.1) is 0 Å². The molecule has 0 aliphatic heterocycles. The highest BCUT2D eigenvalue weighted by Crippen LogP contribution is 2.35. The zero-order valence-electron chi connectivity index (χ0n) is 23.8. The molecule has 6 nitrogen and oxygen atoms in total. The number of rotatable bonds is 8. The van der Waals surface area contributed by atoms with Crippen LogP contribution in [0.5, 0.6) is 0 Å². The monoisotopic (exact) mass is 516 g/mol. The lowest BCUT2D eigenvalue weighted by atomic mass is 9.76. The van der Waals surface area contributed by atoms with Crippen molar-refractivity contribution in [1.29, 1.82) is 0 Å². The van der Waals surface area contributed by atoms with E-state index in [1.54, 1.807) is 0 Å². The Hall–Kier alpha value is -3.28. The maximum atomic E-state index is 13.9. The third-order valence-electron chi connectivity index (χ3n) is 8.11. The van der Waals surface area contributed by atoms with Crippen molar-refractivity contribution in [2.45, 2.75) is 103 Å². The van der Waals surface area contributed by atoms with Crippen LogP contribution in [0.3, 0.4) is 0 Å². The lowest BCUT2D eigenvalue weighted by molar-refractivity contribution is -0.125. The minimum Gasteiger partial charge on any atom is -0.361 e. The van der Waals surface area contributed by atoms with E-state index in [0.717, 1.165) is 59.0 Å². The van der Waals surface area contributed by atoms with E-state index in [0.29, 0.717) is 0 Å². The van der Waals surface area contributed by atoms with Gasteiger partial charge in [0.1, 0.15) is 6.04 Å². The van der Waals surface area contributed by atoms with Gasteiger partial charge in [0, 0.05) is 34.2 Å². The second kappa shape index (κ2) is 11.6. The molecule has 0 bridgehead atoms. The Morgan fingerprint density at radius 3 is 2.16 bits per heavy atom. The van der Waals surface area contributed by atoms with Gasteiger partial charge in [-0.25, -0.2) is 4.79 Å². The number of carbonyl (C=O) groups is 2. The number of hydrogen-bond donors (Lipinski definition) is 4. The van der Waals surface area contributed by atoms with Gasteiger partial charge in [0.25, 0.3) is 0 Å². The van der Waals surface area contributed by atoms with Crippen LogP contribution in [-0.2, 0) is 10.2 Å². The van der Waals surface area contributed by atoms with Crippen LogP contribution < -0.4 is 16.0 Å². The van der Waals surface area contributed by atoms with Gasteiger partial charge < -0.3 is 20.9 Å². The third-order valence-corrected chi connectivity index (χ3v) is 8.11. The smallest absolute Gasteiger partial charge is 0.319 e. The van der Waals surface area contributed by atoms with Crippen molar-refractivity contribution in [3.8, 4) is 0 Å². The number of hydrogen-bond acceptors (Lipinski definition) is 2. The highest BCUT2D eigenvalue weighted by Gasteiger charge is 2.40. The Bertz CT molecular complexity index is 1240. The summed E-state index contributed by atoms with van der Waals surface area (Å²) in [5.41, 5.74) is 4.36. The summed E-state index contributed by atoms with van der Waals surface area (Å²) >= 11 is 0. The molecule has 6 heteroatoms. The van der Waals surface area contributed by atoms with E-state index >= 15 is 0 Å². The Labute approximate surface area is 227 Å². The van der Waals surface area contributed by atoms with Crippen LogP contribution >= 0.6 is 0 Å². The normalized spacial score (nSPS) is 15.6. The van der Waals surface area contributed by atoms with Crippen LogP contribution in [0.2, 0.25) is 0 Å². The summed E-state index contributed by atoms with van der Waals surface area (Å²) < 4.78 is 0. The molecule has 0 saturated heterocycles. The van der Waals surface area contributed by atoms with Crippen molar-refractivity contribution in [2.24, 2.45) is 0 Å². The highest BCUT2D eigenvalue weighted by atomic mass is 16.2. The van der Waals surface area contributed by atoms with Crippen molar-refractivity contribution in [3.05, 3.63) is 65.4 Å². The summed E-state index contributed by atoms with van der Waals surface area (Å²) in [5.74, 6) is 0.359.